The van der Waals surface area contributed by atoms with E-state index in [1.54, 1.807) is 18.2 Å². The maximum absolute atomic E-state index is 12.9. The number of pyridine rings is 1. The number of carboxylic acid groups (broad SMARTS) is 1. The van der Waals surface area contributed by atoms with E-state index in [2.05, 4.69) is 34.6 Å². The van der Waals surface area contributed by atoms with Crippen LogP contribution < -0.4 is 5.32 Å². The van der Waals surface area contributed by atoms with E-state index in [4.69, 9.17) is 4.74 Å². The molecule has 176 valence electrons. The molecule has 2 aromatic carbocycles. The maximum atomic E-state index is 12.9. The quantitative estimate of drug-likeness (QED) is 0.585. The summed E-state index contributed by atoms with van der Waals surface area (Å²) in [6.07, 6.45) is -0.0423. The standard InChI is InChI=1S/C27H23N3O5/c31-24(30-13-16-12-27(16,15-30)25(32)33)22-10-5-11-23(28-22)29-26(34)35-14-21-19-8-3-1-6-17(19)18-7-2-4-9-20(18)21/h1-11,16,21H,12-15H2,(H,32,33)(H,28,29,34). The highest BCUT2D eigenvalue weighted by Gasteiger charge is 2.66. The number of aliphatic carboxylic acids is 1. The van der Waals surface area contributed by atoms with Crippen LogP contribution in [0, 0.1) is 11.3 Å². The third kappa shape index (κ3) is 3.53. The van der Waals surface area contributed by atoms with Gasteiger partial charge >= 0.3 is 12.1 Å². The highest BCUT2D eigenvalue weighted by Crippen LogP contribution is 2.58. The van der Waals surface area contributed by atoms with Crippen LogP contribution in [0.2, 0.25) is 0 Å². The van der Waals surface area contributed by atoms with Gasteiger partial charge in [0.2, 0.25) is 0 Å². The number of benzene rings is 2. The van der Waals surface area contributed by atoms with E-state index in [1.807, 2.05) is 24.3 Å². The fourth-order valence-corrected chi connectivity index (χ4v) is 5.49. The number of nitrogens with zero attached hydrogens (tertiary/aromatic N) is 2. The molecule has 1 aliphatic heterocycles. The van der Waals surface area contributed by atoms with Crippen molar-refractivity contribution in [1.82, 2.24) is 9.88 Å². The molecule has 8 heteroatoms. The van der Waals surface area contributed by atoms with Crippen LogP contribution in [0.25, 0.3) is 11.1 Å². The number of fused-ring (bicyclic) bond motifs is 4. The van der Waals surface area contributed by atoms with Gasteiger partial charge in [0, 0.05) is 19.0 Å². The lowest BCUT2D eigenvalue weighted by atomic mass is 9.98. The zero-order valence-electron chi connectivity index (χ0n) is 18.8. The number of likely N-dealkylation sites (tertiary alicyclic amines) is 1. The molecule has 0 radical (unpaired) electrons. The lowest BCUT2D eigenvalue weighted by Gasteiger charge is -2.19. The Hall–Kier alpha value is -4.20. The van der Waals surface area contributed by atoms with Crippen molar-refractivity contribution in [2.24, 2.45) is 11.3 Å². The Morgan fingerprint density at radius 1 is 1.00 bits per heavy atom. The molecule has 1 aromatic heterocycles. The lowest BCUT2D eigenvalue weighted by molar-refractivity contribution is -0.143. The minimum atomic E-state index is -0.851. The highest BCUT2D eigenvalue weighted by atomic mass is 16.5. The predicted molar refractivity (Wildman–Crippen MR) is 127 cm³/mol. The average Bonchev–Trinajstić information content (AvgIpc) is 3.30. The van der Waals surface area contributed by atoms with Gasteiger partial charge in [-0.15, -0.1) is 0 Å². The summed E-state index contributed by atoms with van der Waals surface area (Å²) in [7, 11) is 0. The van der Waals surface area contributed by atoms with E-state index in [-0.39, 0.29) is 42.4 Å². The monoisotopic (exact) mass is 469 g/mol. The topological polar surface area (TPSA) is 109 Å². The van der Waals surface area contributed by atoms with Crippen molar-refractivity contribution in [3.8, 4) is 11.1 Å². The van der Waals surface area contributed by atoms with Gasteiger partial charge in [-0.25, -0.2) is 9.78 Å². The Bertz CT molecular complexity index is 1330. The van der Waals surface area contributed by atoms with Crippen molar-refractivity contribution in [3.05, 3.63) is 83.6 Å². The van der Waals surface area contributed by atoms with Gasteiger partial charge in [-0.05, 0) is 46.7 Å². The van der Waals surface area contributed by atoms with Gasteiger partial charge in [0.05, 0.1) is 5.41 Å². The van der Waals surface area contributed by atoms with Gasteiger partial charge in [0.15, 0.2) is 0 Å². The second-order valence-corrected chi connectivity index (χ2v) is 9.41. The number of hydrogen-bond donors (Lipinski definition) is 2. The number of anilines is 1. The molecule has 1 saturated carbocycles. The van der Waals surface area contributed by atoms with Crippen LogP contribution >= 0.6 is 0 Å². The summed E-state index contributed by atoms with van der Waals surface area (Å²) in [5.74, 6) is -1.04. The fraction of sp³-hybridized carbons (Fsp3) is 0.259. The second-order valence-electron chi connectivity index (χ2n) is 9.41. The SMILES string of the molecule is O=C(Nc1cccc(C(=O)N2CC3CC3(C(=O)O)C2)n1)OCC1c2ccccc2-c2ccccc21. The Morgan fingerprint density at radius 3 is 2.34 bits per heavy atom. The second kappa shape index (κ2) is 7.94. The normalized spacial score (nSPS) is 21.6. The summed E-state index contributed by atoms with van der Waals surface area (Å²) >= 11 is 0. The first-order valence-electron chi connectivity index (χ1n) is 11.6. The van der Waals surface area contributed by atoms with Crippen LogP contribution in [0.1, 0.15) is 34.0 Å². The maximum Gasteiger partial charge on any atom is 0.412 e. The number of carbonyl (C=O) groups is 3. The van der Waals surface area contributed by atoms with Crippen molar-refractivity contribution in [2.75, 3.05) is 25.0 Å². The van der Waals surface area contributed by atoms with Crippen molar-refractivity contribution in [3.63, 3.8) is 0 Å². The highest BCUT2D eigenvalue weighted by molar-refractivity contribution is 5.95. The van der Waals surface area contributed by atoms with E-state index < -0.39 is 17.5 Å². The molecule has 0 bridgehead atoms. The van der Waals surface area contributed by atoms with Crippen molar-refractivity contribution >= 4 is 23.8 Å². The molecule has 3 aliphatic rings. The zero-order valence-corrected chi connectivity index (χ0v) is 18.8. The van der Waals surface area contributed by atoms with E-state index in [0.717, 1.165) is 22.3 Å². The lowest BCUT2D eigenvalue weighted by Crippen LogP contribution is -2.34. The average molecular weight is 469 g/mol. The smallest absolute Gasteiger partial charge is 0.412 e. The number of nitrogens with one attached hydrogen (secondary N) is 1. The Balaban J connectivity index is 1.11. The van der Waals surface area contributed by atoms with Crippen LogP contribution in [0.3, 0.4) is 0 Å². The van der Waals surface area contributed by atoms with Crippen LogP contribution in [0.15, 0.2) is 66.7 Å². The van der Waals surface area contributed by atoms with Crippen molar-refractivity contribution in [1.29, 1.82) is 0 Å². The molecule has 6 rings (SSSR count). The number of hydrogen-bond acceptors (Lipinski definition) is 5. The molecule has 2 N–H and O–H groups in total. The van der Waals surface area contributed by atoms with Crippen LogP contribution in [0.4, 0.5) is 10.6 Å². The molecule has 2 amide bonds. The third-order valence-corrected chi connectivity index (χ3v) is 7.40. The minimum Gasteiger partial charge on any atom is -0.481 e. The van der Waals surface area contributed by atoms with Crippen LogP contribution in [-0.4, -0.2) is 52.7 Å². The molecule has 0 spiro atoms. The summed E-state index contributed by atoms with van der Waals surface area (Å²) in [6.45, 7) is 0.777. The molecule has 2 aliphatic carbocycles. The molecular weight excluding hydrogens is 446 g/mol. The molecule has 2 unspecified atom stereocenters. The number of piperidine rings is 1. The van der Waals surface area contributed by atoms with Gasteiger partial charge in [0.25, 0.3) is 5.91 Å². The number of aromatic nitrogens is 1. The number of carboxylic acids is 1. The van der Waals surface area contributed by atoms with Gasteiger partial charge in [-0.2, -0.15) is 0 Å². The minimum absolute atomic E-state index is 0.00563. The number of ether oxygens (including phenoxy) is 1. The summed E-state index contributed by atoms with van der Waals surface area (Å²) in [5.41, 5.74) is 3.89. The Kier molecular flexibility index (Phi) is 4.84. The number of carbonyl (C=O) groups excluding carboxylic acids is 2. The molecule has 8 nitrogen and oxygen atoms in total. The summed E-state index contributed by atoms with van der Waals surface area (Å²) < 4.78 is 5.55. The van der Waals surface area contributed by atoms with Crippen molar-refractivity contribution < 1.29 is 24.2 Å². The fourth-order valence-electron chi connectivity index (χ4n) is 5.49. The van der Waals surface area contributed by atoms with E-state index >= 15 is 0 Å². The van der Waals surface area contributed by atoms with Gasteiger partial charge in [-0.1, -0.05) is 54.6 Å². The Morgan fingerprint density at radius 2 is 1.69 bits per heavy atom. The van der Waals surface area contributed by atoms with E-state index in [0.29, 0.717) is 13.0 Å². The van der Waals surface area contributed by atoms with Crippen LogP contribution in [0.5, 0.6) is 0 Å². The number of rotatable bonds is 5. The molecule has 2 heterocycles. The predicted octanol–water partition coefficient (Wildman–Crippen LogP) is 3.99. The first kappa shape index (κ1) is 21.3. The number of amides is 2. The molecule has 2 atom stereocenters. The molecule has 35 heavy (non-hydrogen) atoms. The molecule has 3 aromatic rings. The summed E-state index contributed by atoms with van der Waals surface area (Å²) in [5, 5.41) is 12.1. The molecular formula is C27H23N3O5. The molecule has 1 saturated heterocycles. The van der Waals surface area contributed by atoms with Crippen LogP contribution in [-0.2, 0) is 9.53 Å². The first-order valence-corrected chi connectivity index (χ1v) is 11.6. The summed E-state index contributed by atoms with van der Waals surface area (Å²) in [6, 6.07) is 21.0. The van der Waals surface area contributed by atoms with Gasteiger partial charge in [-0.3, -0.25) is 14.9 Å². The first-order chi connectivity index (χ1) is 17.0. The van der Waals surface area contributed by atoms with Gasteiger partial charge < -0.3 is 14.7 Å². The largest absolute Gasteiger partial charge is 0.481 e. The van der Waals surface area contributed by atoms with E-state index in [1.165, 1.54) is 4.90 Å². The molecule has 2 fully saturated rings. The Labute approximate surface area is 201 Å². The summed E-state index contributed by atoms with van der Waals surface area (Å²) in [4.78, 5) is 42.8. The zero-order chi connectivity index (χ0) is 24.2. The van der Waals surface area contributed by atoms with Gasteiger partial charge in [0.1, 0.15) is 18.1 Å². The van der Waals surface area contributed by atoms with E-state index in [9.17, 15) is 19.5 Å². The van der Waals surface area contributed by atoms with Crippen molar-refractivity contribution in [2.45, 2.75) is 12.3 Å². The third-order valence-electron chi connectivity index (χ3n) is 7.40.